The molecule has 61 heavy (non-hydrogen) atoms. The Kier molecular flexibility index (Phi) is 14.7. The summed E-state index contributed by atoms with van der Waals surface area (Å²) >= 11 is 7.15. The van der Waals surface area contributed by atoms with E-state index in [1.54, 1.807) is 35.5 Å². The highest BCUT2D eigenvalue weighted by molar-refractivity contribution is 7.98. The number of nitro benzene ring substituents is 1. The number of carbonyl (C=O) groups is 1. The van der Waals surface area contributed by atoms with E-state index in [0.29, 0.717) is 56.8 Å². The highest BCUT2D eigenvalue weighted by atomic mass is 35.5. The van der Waals surface area contributed by atoms with E-state index in [4.69, 9.17) is 21.1 Å². The van der Waals surface area contributed by atoms with Crippen LogP contribution in [0.3, 0.4) is 0 Å². The smallest absolute Gasteiger partial charge is 0.293 e. The Balaban J connectivity index is 0.00000277. The average molecular weight is 871 g/mol. The van der Waals surface area contributed by atoms with Gasteiger partial charge >= 0.3 is 0 Å². The molecule has 1 spiro atoms. The van der Waals surface area contributed by atoms with Crippen LogP contribution in [0, 0.1) is 26.9 Å². The molecule has 1 amide bonds. The Morgan fingerprint density at radius 1 is 1.07 bits per heavy atom. The fourth-order valence-corrected chi connectivity index (χ4v) is 10.3. The summed E-state index contributed by atoms with van der Waals surface area (Å²) in [6.07, 6.45) is 13.6. The lowest BCUT2D eigenvalue weighted by Gasteiger charge is -2.50. The van der Waals surface area contributed by atoms with Crippen LogP contribution in [0.1, 0.15) is 82.0 Å². The Morgan fingerprint density at radius 3 is 2.61 bits per heavy atom. The second-order valence-electron chi connectivity index (χ2n) is 17.7. The van der Waals surface area contributed by atoms with Crippen molar-refractivity contribution in [2.24, 2.45) is 16.7 Å². The molecule has 2 aliphatic heterocycles. The summed E-state index contributed by atoms with van der Waals surface area (Å²) in [5.41, 5.74) is 6.50. The number of nitrogens with zero attached hydrogens (tertiary/aromatic N) is 4. The molecule has 0 bridgehead atoms. The molecule has 0 unspecified atom stereocenters. The summed E-state index contributed by atoms with van der Waals surface area (Å²) in [7, 11) is 0. The fourth-order valence-electron chi connectivity index (χ4n) is 9.52. The standard InChI is InChI=1S/C45H56ClN7O5S.C2H4/c1-44(2)11-9-34(33(27-44)4-3-14-46)30-51-16-18-52(19-17-51)35-5-7-38(41(23-35)58-36-22-32-10-15-47-42(32)49-29-36)43(54)50-59-37-6-8-39(40(24-37)53(55)56)48-28-31-25-45(26-31)12-20-57-21-13-45;1-2/h5-8,10,15,22-24,29,31,48H,3-4,9,11-14,16-21,25-28,30H2,1-2H3,(H,47,49)(H,50,54);1-2H2. The number of alkyl halides is 1. The van der Waals surface area contributed by atoms with Crippen LogP contribution in [-0.4, -0.2) is 84.1 Å². The molecule has 326 valence electrons. The van der Waals surface area contributed by atoms with Crippen molar-refractivity contribution in [1.82, 2.24) is 19.6 Å². The van der Waals surface area contributed by atoms with E-state index in [2.05, 4.69) is 56.8 Å². The van der Waals surface area contributed by atoms with Crippen LogP contribution in [0.4, 0.5) is 17.1 Å². The molecule has 4 aliphatic rings. The van der Waals surface area contributed by atoms with Gasteiger partial charge in [-0.1, -0.05) is 25.0 Å². The number of rotatable bonds is 15. The van der Waals surface area contributed by atoms with Crippen LogP contribution in [0.5, 0.6) is 11.5 Å². The molecule has 2 aromatic carbocycles. The number of aromatic amines is 1. The molecule has 12 nitrogen and oxygen atoms in total. The van der Waals surface area contributed by atoms with Crippen molar-refractivity contribution < 1.29 is 19.2 Å². The first-order chi connectivity index (χ1) is 29.5. The minimum Gasteiger partial charge on any atom is -0.455 e. The van der Waals surface area contributed by atoms with Crippen molar-refractivity contribution in [3.63, 3.8) is 0 Å². The molecule has 14 heteroatoms. The van der Waals surface area contributed by atoms with Crippen LogP contribution >= 0.6 is 23.5 Å². The molecular formula is C47H60ClN7O5S. The number of hydrogen-bond acceptors (Lipinski definition) is 10. The Bertz CT molecular complexity index is 2190. The van der Waals surface area contributed by atoms with Crippen molar-refractivity contribution in [2.45, 2.75) is 76.5 Å². The van der Waals surface area contributed by atoms with E-state index in [0.717, 1.165) is 126 Å². The van der Waals surface area contributed by atoms with Gasteiger partial charge in [-0.05, 0) is 123 Å². The van der Waals surface area contributed by atoms with Crippen LogP contribution in [0.25, 0.3) is 11.0 Å². The number of ether oxygens (including phenoxy) is 2. The van der Waals surface area contributed by atoms with Gasteiger partial charge in [0.05, 0.1) is 16.7 Å². The van der Waals surface area contributed by atoms with E-state index in [-0.39, 0.29) is 16.5 Å². The minimum absolute atomic E-state index is 0.0170. The fraction of sp³-hybridized carbons (Fsp3) is 0.489. The number of nitro groups is 1. The Labute approximate surface area is 369 Å². The van der Waals surface area contributed by atoms with Gasteiger partial charge in [0, 0.05) is 92.7 Å². The molecule has 1 saturated carbocycles. The third-order valence-corrected chi connectivity index (χ3v) is 13.9. The summed E-state index contributed by atoms with van der Waals surface area (Å²) in [6, 6.07) is 14.6. The minimum atomic E-state index is -0.372. The molecule has 2 aliphatic carbocycles. The van der Waals surface area contributed by atoms with Gasteiger partial charge in [0.15, 0.2) is 0 Å². The number of anilines is 2. The summed E-state index contributed by atoms with van der Waals surface area (Å²) in [5.74, 6) is 1.74. The number of H-pyrrole nitrogens is 1. The van der Waals surface area contributed by atoms with Crippen molar-refractivity contribution in [2.75, 3.05) is 68.6 Å². The molecular weight excluding hydrogens is 810 g/mol. The number of amides is 1. The second-order valence-corrected chi connectivity index (χ2v) is 19.0. The number of carbonyl (C=O) groups excluding carboxylic acids is 1. The zero-order chi connectivity index (χ0) is 43.0. The number of halogens is 1. The highest BCUT2D eigenvalue weighted by Gasteiger charge is 2.44. The van der Waals surface area contributed by atoms with E-state index in [9.17, 15) is 14.9 Å². The maximum absolute atomic E-state index is 13.9. The first-order valence-corrected chi connectivity index (χ1v) is 23.0. The van der Waals surface area contributed by atoms with E-state index in [1.807, 2.05) is 30.5 Å². The first kappa shape index (κ1) is 44.5. The van der Waals surface area contributed by atoms with Gasteiger partial charge in [-0.2, -0.15) is 0 Å². The molecule has 3 fully saturated rings. The van der Waals surface area contributed by atoms with Gasteiger partial charge < -0.3 is 24.7 Å². The zero-order valence-electron chi connectivity index (χ0n) is 35.6. The number of aromatic nitrogens is 2. The monoisotopic (exact) mass is 869 g/mol. The third-order valence-electron chi connectivity index (χ3n) is 12.9. The normalized spacial score (nSPS) is 18.9. The quantitative estimate of drug-likeness (QED) is 0.0348. The largest absolute Gasteiger partial charge is 0.455 e. The number of benzene rings is 2. The number of nitrogens with one attached hydrogen (secondary N) is 3. The Hall–Kier alpha value is -4.56. The van der Waals surface area contributed by atoms with Gasteiger partial charge in [0.25, 0.3) is 11.6 Å². The van der Waals surface area contributed by atoms with Crippen LogP contribution in [-0.2, 0) is 4.74 Å². The van der Waals surface area contributed by atoms with E-state index >= 15 is 0 Å². The summed E-state index contributed by atoms with van der Waals surface area (Å²) in [6.45, 7) is 17.7. The highest BCUT2D eigenvalue weighted by Crippen LogP contribution is 2.52. The average Bonchev–Trinajstić information content (AvgIpc) is 3.73. The number of allylic oxidation sites excluding steroid dienone is 1. The lowest BCUT2D eigenvalue weighted by atomic mass is 9.58. The summed E-state index contributed by atoms with van der Waals surface area (Å²) in [5, 5.41) is 16.4. The van der Waals surface area contributed by atoms with Gasteiger partial charge in [-0.15, -0.1) is 24.8 Å². The SMILES string of the molecule is C=C.CC1(C)CCC(CN2CCN(c3ccc(C(=O)NSc4ccc(NCC5CC6(CCOCC6)C5)c([N+](=O)[O-])c4)c(Oc4cnc5[nH]ccc5c4)c3)CC2)=C(CCCCl)C1. The predicted molar refractivity (Wildman–Crippen MR) is 247 cm³/mol. The van der Waals surface area contributed by atoms with E-state index in [1.165, 1.54) is 12.5 Å². The van der Waals surface area contributed by atoms with Gasteiger partial charge in [-0.3, -0.25) is 24.5 Å². The zero-order valence-corrected chi connectivity index (χ0v) is 37.2. The van der Waals surface area contributed by atoms with Crippen molar-refractivity contribution in [3.8, 4) is 11.5 Å². The molecule has 0 radical (unpaired) electrons. The van der Waals surface area contributed by atoms with Crippen molar-refractivity contribution in [1.29, 1.82) is 0 Å². The van der Waals surface area contributed by atoms with Gasteiger partial charge in [0.1, 0.15) is 22.8 Å². The molecule has 2 aromatic heterocycles. The van der Waals surface area contributed by atoms with Crippen LogP contribution in [0.15, 0.2) is 90.1 Å². The lowest BCUT2D eigenvalue weighted by molar-refractivity contribution is -0.384. The van der Waals surface area contributed by atoms with Crippen molar-refractivity contribution >= 4 is 57.6 Å². The summed E-state index contributed by atoms with van der Waals surface area (Å²) in [4.78, 5) is 38.7. The molecule has 8 rings (SSSR count). The maximum Gasteiger partial charge on any atom is 0.293 e. The molecule has 3 N–H and O–H groups in total. The number of hydrogen-bond donors (Lipinski definition) is 3. The molecule has 4 heterocycles. The van der Waals surface area contributed by atoms with Gasteiger partial charge in [0.2, 0.25) is 0 Å². The lowest BCUT2D eigenvalue weighted by Crippen LogP contribution is -2.47. The topological polar surface area (TPSA) is 138 Å². The van der Waals surface area contributed by atoms with Crippen LogP contribution in [0.2, 0.25) is 0 Å². The second kappa shape index (κ2) is 20.1. The maximum atomic E-state index is 13.9. The predicted octanol–water partition coefficient (Wildman–Crippen LogP) is 10.8. The number of piperazine rings is 1. The number of fused-ring (bicyclic) bond motifs is 1. The van der Waals surface area contributed by atoms with Crippen molar-refractivity contribution in [3.05, 3.63) is 101 Å². The summed E-state index contributed by atoms with van der Waals surface area (Å²) < 4.78 is 14.9. The first-order valence-electron chi connectivity index (χ1n) is 21.6. The molecule has 4 aromatic rings. The van der Waals surface area contributed by atoms with Gasteiger partial charge in [-0.25, -0.2) is 4.98 Å². The number of pyridine rings is 1. The molecule has 2 saturated heterocycles. The van der Waals surface area contributed by atoms with Crippen LogP contribution < -0.4 is 19.7 Å². The van der Waals surface area contributed by atoms with E-state index < -0.39 is 0 Å². The third kappa shape index (κ3) is 11.1. The Morgan fingerprint density at radius 2 is 1.85 bits per heavy atom. The molecule has 0 atom stereocenters.